The molecule has 0 aliphatic rings. The Morgan fingerprint density at radius 2 is 1.53 bits per heavy atom. The van der Waals surface area contributed by atoms with Gasteiger partial charge in [0.05, 0.1) is 5.69 Å². The molecule has 0 N–H and O–H groups in total. The van der Waals surface area contributed by atoms with Gasteiger partial charge in [0, 0.05) is 24.8 Å². The van der Waals surface area contributed by atoms with E-state index < -0.39 is 0 Å². The highest BCUT2D eigenvalue weighted by Gasteiger charge is 2.12. The van der Waals surface area contributed by atoms with Crippen molar-refractivity contribution in [3.8, 4) is 11.5 Å². The van der Waals surface area contributed by atoms with Crippen LogP contribution in [0.3, 0.4) is 0 Å². The summed E-state index contributed by atoms with van der Waals surface area (Å²) in [5, 5.41) is 0. The van der Waals surface area contributed by atoms with Crippen LogP contribution in [0.2, 0.25) is 0 Å². The number of nitrogens with zero attached hydrogens (tertiary/aromatic N) is 4. The van der Waals surface area contributed by atoms with Crippen LogP contribution in [0.4, 0.5) is 0 Å². The maximum Gasteiger partial charge on any atom is 0.179 e. The summed E-state index contributed by atoms with van der Waals surface area (Å²) in [5.74, 6) is 0.951. The van der Waals surface area contributed by atoms with Crippen molar-refractivity contribution in [2.24, 2.45) is 0 Å². The molecule has 15 heavy (non-hydrogen) atoms. The van der Waals surface area contributed by atoms with Crippen LogP contribution in [0.25, 0.3) is 11.5 Å². The Bertz CT molecular complexity index is 439. The first-order valence-corrected chi connectivity index (χ1v) is 4.87. The molecular weight excluding hydrogens is 188 g/mol. The third-order valence-corrected chi connectivity index (χ3v) is 2.05. The summed E-state index contributed by atoms with van der Waals surface area (Å²) in [4.78, 5) is 17.0. The first kappa shape index (κ1) is 9.71. The second-order valence-electron chi connectivity index (χ2n) is 3.52. The largest absolute Gasteiger partial charge is 0.257 e. The van der Waals surface area contributed by atoms with Gasteiger partial charge in [-0.2, -0.15) is 0 Å². The van der Waals surface area contributed by atoms with Crippen molar-refractivity contribution in [1.29, 1.82) is 0 Å². The van der Waals surface area contributed by atoms with Crippen molar-refractivity contribution in [2.45, 2.75) is 19.8 Å². The van der Waals surface area contributed by atoms with Gasteiger partial charge in [0.2, 0.25) is 0 Å². The molecule has 0 aliphatic heterocycles. The van der Waals surface area contributed by atoms with E-state index in [1.807, 2.05) is 0 Å². The van der Waals surface area contributed by atoms with Crippen LogP contribution in [0.1, 0.15) is 25.5 Å². The molecule has 0 amide bonds. The van der Waals surface area contributed by atoms with Gasteiger partial charge in [-0.3, -0.25) is 4.98 Å². The van der Waals surface area contributed by atoms with E-state index in [1.54, 1.807) is 30.9 Å². The van der Waals surface area contributed by atoms with Crippen molar-refractivity contribution in [3.63, 3.8) is 0 Å². The van der Waals surface area contributed by atoms with Gasteiger partial charge >= 0.3 is 0 Å². The highest BCUT2D eigenvalue weighted by Crippen LogP contribution is 2.21. The molecule has 0 saturated heterocycles. The van der Waals surface area contributed by atoms with E-state index in [0.717, 1.165) is 11.4 Å². The fourth-order valence-electron chi connectivity index (χ4n) is 1.36. The third kappa shape index (κ3) is 1.98. The third-order valence-electron chi connectivity index (χ3n) is 2.05. The zero-order chi connectivity index (χ0) is 10.7. The number of rotatable bonds is 2. The van der Waals surface area contributed by atoms with Gasteiger partial charge < -0.3 is 0 Å². The van der Waals surface area contributed by atoms with E-state index in [-0.39, 0.29) is 0 Å². The summed E-state index contributed by atoms with van der Waals surface area (Å²) in [6.45, 7) is 4.16. The van der Waals surface area contributed by atoms with Crippen LogP contribution in [-0.2, 0) is 0 Å². The summed E-state index contributed by atoms with van der Waals surface area (Å²) in [6, 6.07) is 1.79. The van der Waals surface area contributed by atoms with E-state index in [2.05, 4.69) is 33.8 Å². The van der Waals surface area contributed by atoms with E-state index in [4.69, 9.17) is 0 Å². The molecule has 0 radical (unpaired) electrons. The molecule has 0 spiro atoms. The molecule has 0 aliphatic carbocycles. The average molecular weight is 200 g/mol. The highest BCUT2D eigenvalue weighted by atomic mass is 14.9. The van der Waals surface area contributed by atoms with E-state index in [0.29, 0.717) is 11.7 Å². The van der Waals surface area contributed by atoms with Crippen LogP contribution < -0.4 is 0 Å². The molecular formula is C11H12N4. The fraction of sp³-hybridized carbons (Fsp3) is 0.273. The Morgan fingerprint density at radius 1 is 0.867 bits per heavy atom. The Morgan fingerprint density at radius 3 is 2.20 bits per heavy atom. The maximum absolute atomic E-state index is 4.31. The van der Waals surface area contributed by atoms with Crippen molar-refractivity contribution in [3.05, 3.63) is 36.5 Å². The lowest BCUT2D eigenvalue weighted by Crippen LogP contribution is -2.01. The van der Waals surface area contributed by atoms with Crippen LogP contribution in [0, 0.1) is 0 Å². The van der Waals surface area contributed by atoms with E-state index in [9.17, 15) is 0 Å². The van der Waals surface area contributed by atoms with Gasteiger partial charge in [-0.15, -0.1) is 0 Å². The topological polar surface area (TPSA) is 51.6 Å². The molecule has 2 heterocycles. The standard InChI is InChI=1S/C11H12N4/c1-8(2)9-10(13-7-6-12-9)11-14-4-3-5-15-11/h3-8H,1-2H3. The Hall–Kier alpha value is -1.84. The zero-order valence-electron chi connectivity index (χ0n) is 8.75. The SMILES string of the molecule is CC(C)c1nccnc1-c1ncccn1. The number of aromatic nitrogens is 4. The minimum absolute atomic E-state index is 0.317. The number of hydrogen-bond donors (Lipinski definition) is 0. The van der Waals surface area contributed by atoms with Crippen LogP contribution in [-0.4, -0.2) is 19.9 Å². The molecule has 76 valence electrons. The van der Waals surface area contributed by atoms with Crippen molar-refractivity contribution in [1.82, 2.24) is 19.9 Å². The summed E-state index contributed by atoms with van der Waals surface area (Å²) < 4.78 is 0. The normalized spacial score (nSPS) is 10.6. The minimum atomic E-state index is 0.317. The first-order chi connectivity index (χ1) is 7.29. The zero-order valence-corrected chi connectivity index (χ0v) is 8.75. The second-order valence-corrected chi connectivity index (χ2v) is 3.52. The second kappa shape index (κ2) is 4.13. The van der Waals surface area contributed by atoms with Crippen LogP contribution >= 0.6 is 0 Å². The summed E-state index contributed by atoms with van der Waals surface area (Å²) in [6.07, 6.45) is 6.78. The number of hydrogen-bond acceptors (Lipinski definition) is 4. The van der Waals surface area contributed by atoms with Crippen molar-refractivity contribution < 1.29 is 0 Å². The predicted octanol–water partition coefficient (Wildman–Crippen LogP) is 2.06. The summed E-state index contributed by atoms with van der Waals surface area (Å²) in [7, 11) is 0. The molecule has 2 rings (SSSR count). The molecule has 0 aromatic carbocycles. The van der Waals surface area contributed by atoms with Gasteiger partial charge in [-0.1, -0.05) is 13.8 Å². The van der Waals surface area contributed by atoms with E-state index >= 15 is 0 Å². The molecule has 2 aromatic heterocycles. The van der Waals surface area contributed by atoms with Gasteiger partial charge in [0.15, 0.2) is 5.82 Å². The Labute approximate surface area is 88.5 Å². The lowest BCUT2D eigenvalue weighted by Gasteiger charge is -2.08. The molecule has 0 atom stereocenters. The van der Waals surface area contributed by atoms with Crippen LogP contribution in [0.15, 0.2) is 30.9 Å². The smallest absolute Gasteiger partial charge is 0.179 e. The molecule has 4 nitrogen and oxygen atoms in total. The molecule has 0 bridgehead atoms. The Kier molecular flexibility index (Phi) is 2.67. The monoisotopic (exact) mass is 200 g/mol. The molecule has 0 unspecified atom stereocenters. The summed E-state index contributed by atoms with van der Waals surface area (Å²) >= 11 is 0. The molecule has 2 aromatic rings. The van der Waals surface area contributed by atoms with Crippen molar-refractivity contribution >= 4 is 0 Å². The van der Waals surface area contributed by atoms with Crippen LogP contribution in [0.5, 0.6) is 0 Å². The first-order valence-electron chi connectivity index (χ1n) is 4.87. The van der Waals surface area contributed by atoms with Gasteiger partial charge in [0.25, 0.3) is 0 Å². The minimum Gasteiger partial charge on any atom is -0.257 e. The lowest BCUT2D eigenvalue weighted by atomic mass is 10.1. The Balaban J connectivity index is 2.53. The summed E-state index contributed by atoms with van der Waals surface area (Å²) in [5.41, 5.74) is 1.71. The van der Waals surface area contributed by atoms with Gasteiger partial charge in [0.1, 0.15) is 5.69 Å². The fourth-order valence-corrected chi connectivity index (χ4v) is 1.36. The van der Waals surface area contributed by atoms with E-state index in [1.165, 1.54) is 0 Å². The van der Waals surface area contributed by atoms with Gasteiger partial charge in [-0.25, -0.2) is 15.0 Å². The lowest BCUT2D eigenvalue weighted by molar-refractivity contribution is 0.812. The predicted molar refractivity (Wildman–Crippen MR) is 57.1 cm³/mol. The van der Waals surface area contributed by atoms with Gasteiger partial charge in [-0.05, 0) is 12.0 Å². The molecule has 4 heteroatoms. The maximum atomic E-state index is 4.31. The highest BCUT2D eigenvalue weighted by molar-refractivity contribution is 5.52. The average Bonchev–Trinajstić information content (AvgIpc) is 2.30. The quantitative estimate of drug-likeness (QED) is 0.744. The molecule has 0 saturated carbocycles. The molecule has 0 fully saturated rings. The van der Waals surface area contributed by atoms with Crippen molar-refractivity contribution in [2.75, 3.05) is 0 Å².